The van der Waals surface area contributed by atoms with Crippen LogP contribution in [0.3, 0.4) is 0 Å². The number of rotatable bonds is 23. The van der Waals surface area contributed by atoms with Crippen molar-refractivity contribution in [2.45, 2.75) is 155 Å². The van der Waals surface area contributed by atoms with Crippen LogP contribution < -0.4 is 0 Å². The molecule has 0 spiro atoms. The summed E-state index contributed by atoms with van der Waals surface area (Å²) in [6.45, 7) is 4.53. The van der Waals surface area contributed by atoms with E-state index in [1.54, 1.807) is 0 Å². The molecule has 0 saturated carbocycles. The van der Waals surface area contributed by atoms with E-state index in [-0.39, 0.29) is 0 Å². The quantitative estimate of drug-likeness (QED) is 0.175. The monoisotopic (exact) mass is 396 g/mol. The van der Waals surface area contributed by atoms with Crippen molar-refractivity contribution in [2.75, 3.05) is 0 Å². The standard InChI is InChI=1S/C26H52O2/c1-3-5-7-9-11-12-13-14-15-17-19-21-23-25(24-26(27)28)22-20-18-16-10-8-6-4-2/h25H,3-24H2,1-2H3,(H,27,28). The maximum Gasteiger partial charge on any atom is 0.303 e. The molecule has 1 N–H and O–H groups in total. The molecule has 0 saturated heterocycles. The van der Waals surface area contributed by atoms with Crippen LogP contribution in [0.4, 0.5) is 0 Å². The Kier molecular flexibility index (Phi) is 22.3. The summed E-state index contributed by atoms with van der Waals surface area (Å²) in [5.74, 6) is -0.192. The maximum atomic E-state index is 11.1. The average Bonchev–Trinajstić information content (AvgIpc) is 2.67. The highest BCUT2D eigenvalue weighted by atomic mass is 16.4. The molecule has 1 unspecified atom stereocenters. The fourth-order valence-corrected chi connectivity index (χ4v) is 4.26. The molecule has 0 aromatic rings. The number of carboxylic acid groups (broad SMARTS) is 1. The lowest BCUT2D eigenvalue weighted by atomic mass is 9.91. The third-order valence-corrected chi connectivity index (χ3v) is 6.15. The second-order valence-corrected chi connectivity index (χ2v) is 9.05. The minimum Gasteiger partial charge on any atom is -0.481 e. The van der Waals surface area contributed by atoms with Gasteiger partial charge in [0.15, 0.2) is 0 Å². The van der Waals surface area contributed by atoms with Crippen molar-refractivity contribution in [3.8, 4) is 0 Å². The van der Waals surface area contributed by atoms with Gasteiger partial charge in [0.2, 0.25) is 0 Å². The van der Waals surface area contributed by atoms with E-state index in [4.69, 9.17) is 0 Å². The van der Waals surface area contributed by atoms with E-state index in [0.717, 1.165) is 12.8 Å². The average molecular weight is 397 g/mol. The first kappa shape index (κ1) is 27.5. The van der Waals surface area contributed by atoms with Gasteiger partial charge in [0.25, 0.3) is 0 Å². The van der Waals surface area contributed by atoms with Gasteiger partial charge in [0.1, 0.15) is 0 Å². The number of hydrogen-bond acceptors (Lipinski definition) is 1. The van der Waals surface area contributed by atoms with Gasteiger partial charge in [-0.05, 0) is 18.8 Å². The fraction of sp³-hybridized carbons (Fsp3) is 0.962. The molecule has 28 heavy (non-hydrogen) atoms. The predicted octanol–water partition coefficient (Wildman–Crippen LogP) is 9.31. The Hall–Kier alpha value is -0.530. The van der Waals surface area contributed by atoms with Crippen LogP contribution in [-0.2, 0) is 4.79 Å². The topological polar surface area (TPSA) is 37.3 Å². The summed E-state index contributed by atoms with van der Waals surface area (Å²) in [5.41, 5.74) is 0. The van der Waals surface area contributed by atoms with Gasteiger partial charge in [0.05, 0.1) is 0 Å². The highest BCUT2D eigenvalue weighted by Gasteiger charge is 2.12. The van der Waals surface area contributed by atoms with Gasteiger partial charge in [-0.3, -0.25) is 4.79 Å². The van der Waals surface area contributed by atoms with Gasteiger partial charge in [-0.2, -0.15) is 0 Å². The van der Waals surface area contributed by atoms with Gasteiger partial charge in [0, 0.05) is 6.42 Å². The molecule has 0 heterocycles. The molecule has 168 valence electrons. The van der Waals surface area contributed by atoms with Crippen molar-refractivity contribution in [1.29, 1.82) is 0 Å². The zero-order chi connectivity index (χ0) is 20.7. The smallest absolute Gasteiger partial charge is 0.303 e. The van der Waals surface area contributed by atoms with Crippen LogP contribution in [0.15, 0.2) is 0 Å². The van der Waals surface area contributed by atoms with Gasteiger partial charge >= 0.3 is 5.97 Å². The van der Waals surface area contributed by atoms with Gasteiger partial charge in [-0.15, -0.1) is 0 Å². The van der Waals surface area contributed by atoms with E-state index in [2.05, 4.69) is 13.8 Å². The van der Waals surface area contributed by atoms with Crippen molar-refractivity contribution >= 4 is 5.97 Å². The lowest BCUT2D eigenvalue weighted by Gasteiger charge is -2.14. The Bertz CT molecular complexity index is 314. The zero-order valence-corrected chi connectivity index (χ0v) is 19.5. The van der Waals surface area contributed by atoms with E-state index in [9.17, 15) is 9.90 Å². The molecule has 0 radical (unpaired) electrons. The number of aliphatic carboxylic acids is 1. The first-order valence-electron chi connectivity index (χ1n) is 12.9. The summed E-state index contributed by atoms with van der Waals surface area (Å²) >= 11 is 0. The lowest BCUT2D eigenvalue weighted by Crippen LogP contribution is -2.08. The van der Waals surface area contributed by atoms with Gasteiger partial charge < -0.3 is 5.11 Å². The van der Waals surface area contributed by atoms with Crippen LogP contribution in [0.5, 0.6) is 0 Å². The van der Waals surface area contributed by atoms with E-state index >= 15 is 0 Å². The number of unbranched alkanes of at least 4 members (excludes halogenated alkanes) is 17. The summed E-state index contributed by atoms with van der Waals surface area (Å²) in [6.07, 6.45) is 28.3. The molecule has 0 aliphatic heterocycles. The van der Waals surface area contributed by atoms with Crippen LogP contribution in [0.2, 0.25) is 0 Å². The molecule has 1 atom stereocenters. The first-order chi connectivity index (χ1) is 13.7. The van der Waals surface area contributed by atoms with Gasteiger partial charge in [-0.25, -0.2) is 0 Å². The summed E-state index contributed by atoms with van der Waals surface area (Å²) in [7, 11) is 0. The van der Waals surface area contributed by atoms with Crippen molar-refractivity contribution in [3.05, 3.63) is 0 Å². The molecule has 0 bridgehead atoms. The molecule has 0 aromatic heterocycles. The van der Waals surface area contributed by atoms with Crippen molar-refractivity contribution in [3.63, 3.8) is 0 Å². The summed E-state index contributed by atoms with van der Waals surface area (Å²) in [6, 6.07) is 0. The minimum absolute atomic E-state index is 0.383. The number of carboxylic acids is 1. The Morgan fingerprint density at radius 1 is 0.536 bits per heavy atom. The normalized spacial score (nSPS) is 12.4. The molecule has 0 aliphatic rings. The molecule has 0 amide bonds. The molecule has 0 fully saturated rings. The van der Waals surface area contributed by atoms with E-state index < -0.39 is 5.97 Å². The van der Waals surface area contributed by atoms with E-state index in [0.29, 0.717) is 12.3 Å². The maximum absolute atomic E-state index is 11.1. The molecular formula is C26H52O2. The Balaban J connectivity index is 3.53. The van der Waals surface area contributed by atoms with Crippen LogP contribution >= 0.6 is 0 Å². The van der Waals surface area contributed by atoms with Crippen molar-refractivity contribution in [2.24, 2.45) is 5.92 Å². The molecule has 2 heteroatoms. The summed E-state index contributed by atoms with van der Waals surface area (Å²) in [5, 5.41) is 9.17. The third kappa shape index (κ3) is 21.8. The number of hydrogen-bond donors (Lipinski definition) is 1. The number of carbonyl (C=O) groups is 1. The highest BCUT2D eigenvalue weighted by Crippen LogP contribution is 2.22. The zero-order valence-electron chi connectivity index (χ0n) is 19.5. The molecule has 0 aliphatic carbocycles. The van der Waals surface area contributed by atoms with Crippen LogP contribution in [0.25, 0.3) is 0 Å². The molecule has 0 rings (SSSR count). The van der Waals surface area contributed by atoms with Gasteiger partial charge in [-0.1, -0.05) is 136 Å². The fourth-order valence-electron chi connectivity index (χ4n) is 4.26. The van der Waals surface area contributed by atoms with Crippen molar-refractivity contribution < 1.29 is 9.90 Å². The summed E-state index contributed by atoms with van der Waals surface area (Å²) in [4.78, 5) is 11.1. The SMILES string of the molecule is CCCCCCCCCCCCCCC(CCCCCCCCC)CC(=O)O. The third-order valence-electron chi connectivity index (χ3n) is 6.15. The summed E-state index contributed by atoms with van der Waals surface area (Å²) < 4.78 is 0. The first-order valence-corrected chi connectivity index (χ1v) is 12.9. The van der Waals surface area contributed by atoms with Crippen LogP contribution in [0.1, 0.15) is 155 Å². The van der Waals surface area contributed by atoms with Crippen LogP contribution in [-0.4, -0.2) is 11.1 Å². The minimum atomic E-state index is -0.605. The second kappa shape index (κ2) is 22.8. The van der Waals surface area contributed by atoms with E-state index in [1.165, 1.54) is 122 Å². The molecular weight excluding hydrogens is 344 g/mol. The second-order valence-electron chi connectivity index (χ2n) is 9.05. The molecule has 2 nitrogen and oxygen atoms in total. The van der Waals surface area contributed by atoms with E-state index in [1.807, 2.05) is 0 Å². The molecule has 0 aromatic carbocycles. The predicted molar refractivity (Wildman–Crippen MR) is 124 cm³/mol. The lowest BCUT2D eigenvalue weighted by molar-refractivity contribution is -0.138. The largest absolute Gasteiger partial charge is 0.481 e. The van der Waals surface area contributed by atoms with Crippen molar-refractivity contribution in [1.82, 2.24) is 0 Å². The Labute approximate surface area is 177 Å². The highest BCUT2D eigenvalue weighted by molar-refractivity contribution is 5.66. The Morgan fingerprint density at radius 3 is 1.11 bits per heavy atom. The Morgan fingerprint density at radius 2 is 0.821 bits per heavy atom. The van der Waals surface area contributed by atoms with Crippen LogP contribution in [0, 0.1) is 5.92 Å².